The Labute approximate surface area is 307 Å². The zero-order valence-corrected chi connectivity index (χ0v) is 43.0. The van der Waals surface area contributed by atoms with E-state index in [0.29, 0.717) is 12.8 Å². The van der Waals surface area contributed by atoms with Gasteiger partial charge in [-0.2, -0.15) is 0 Å². The zero-order chi connectivity index (χ0) is 30.5. The van der Waals surface area contributed by atoms with E-state index in [1.165, 1.54) is 5.57 Å². The Kier molecular flexibility index (Phi) is 18.7. The predicted octanol–water partition coefficient (Wildman–Crippen LogP) is 10.4. The molecule has 2 N–H and O–H groups in total. The van der Waals surface area contributed by atoms with E-state index in [9.17, 15) is 15.0 Å². The smallest absolute Gasteiger partial charge is 0.141 e. The summed E-state index contributed by atoms with van der Waals surface area (Å²) in [5.74, 6) is -0.219. The van der Waals surface area contributed by atoms with E-state index in [2.05, 4.69) is 96.3 Å². The van der Waals surface area contributed by atoms with Crippen molar-refractivity contribution in [3.8, 4) is 0 Å². The molecule has 2 fully saturated rings. The second-order valence-electron chi connectivity index (χ2n) is 12.1. The van der Waals surface area contributed by atoms with Gasteiger partial charge in [-0.25, -0.2) is 0 Å². The molecule has 0 spiro atoms. The SMILES string of the molecule is CCC(=O)[C@@]1(C)[C@H]([C@H](C)C2C[C@H](OP(P(P)P(P)P)P(P(P)P)P(P)P)C(C)=CC2(C)C)[C@]2(O)CO[C@@H]2C[C@@H]1O.[Ac]. The molecule has 3 aliphatic rings. The number of carbonyl (C=O) groups is 1. The van der Waals surface area contributed by atoms with Gasteiger partial charge in [-0.05, 0) is 64.1 Å². The molecule has 0 amide bonds. The number of fused-ring (bicyclic) bond motifs is 1. The Balaban J connectivity index is 0.00000588. The molecular weight excluding hydrogens is 974 g/mol. The molecule has 1 radical (unpaired) electrons. The van der Waals surface area contributed by atoms with Crippen LogP contribution in [0.3, 0.4) is 0 Å². The predicted molar refractivity (Wildman–Crippen MR) is 211 cm³/mol. The maximum absolute atomic E-state index is 13.5. The number of hydrogen-bond donors (Lipinski definition) is 2. The summed E-state index contributed by atoms with van der Waals surface area (Å²) in [6, 6.07) is 0. The molecule has 0 aromatic heterocycles. The first kappa shape index (κ1) is 43.4. The van der Waals surface area contributed by atoms with Crippen LogP contribution in [0, 0.1) is 72.6 Å². The third kappa shape index (κ3) is 9.21. The molecule has 1 aliphatic heterocycles. The summed E-state index contributed by atoms with van der Waals surface area (Å²) in [6.45, 7) is 11.5. The Morgan fingerprint density at radius 2 is 1.66 bits per heavy atom. The van der Waals surface area contributed by atoms with Crippen molar-refractivity contribution in [2.75, 3.05) is 6.61 Å². The molecule has 0 bridgehead atoms. The van der Waals surface area contributed by atoms with Crippen molar-refractivity contribution in [2.24, 2.45) is 28.6 Å². The quantitative estimate of drug-likeness (QED) is 0.159. The molecule has 0 aromatic carbocycles. The Morgan fingerprint density at radius 1 is 1.10 bits per heavy atom. The summed E-state index contributed by atoms with van der Waals surface area (Å²) in [4.78, 5) is 13.5. The Hall–Kier alpha value is 6.28. The monoisotopic (exact) mass is 1020 g/mol. The average Bonchev–Trinajstić information content (AvgIpc) is 2.84. The van der Waals surface area contributed by atoms with Gasteiger partial charge in [-0.15, -0.1) is 53.6 Å². The van der Waals surface area contributed by atoms with E-state index in [1.807, 2.05) is 13.8 Å². The van der Waals surface area contributed by atoms with Gasteiger partial charge in [0.25, 0.3) is 0 Å². The second-order valence-corrected chi connectivity index (χ2v) is 60.9. The van der Waals surface area contributed by atoms with Gasteiger partial charge >= 0.3 is 0 Å². The van der Waals surface area contributed by atoms with Crippen molar-refractivity contribution >= 4 is 111 Å². The van der Waals surface area contributed by atoms with Crippen LogP contribution in [0.2, 0.25) is 0 Å². The number of Topliss-reactive ketones (excluding diaryl/α,β-unsaturated/α-hetero) is 1. The summed E-state index contributed by atoms with van der Waals surface area (Å²) in [5.41, 5.74) is -0.977. The molecule has 5 nitrogen and oxygen atoms in total. The van der Waals surface area contributed by atoms with Crippen molar-refractivity contribution in [1.29, 1.82) is 0 Å². The Morgan fingerprint density at radius 3 is 2.10 bits per heavy atom. The maximum atomic E-state index is 13.5. The number of hydrogen-bond acceptors (Lipinski definition) is 5. The summed E-state index contributed by atoms with van der Waals surface area (Å²) in [6.07, 6.45) is 2.64. The third-order valence-electron chi connectivity index (χ3n) is 9.20. The minimum absolute atomic E-state index is 0. The molecule has 0 aromatic rings. The number of allylic oxidation sites excluding steroid dienone is 1. The molecule has 235 valence electrons. The van der Waals surface area contributed by atoms with E-state index < -0.39 is 36.7 Å². The number of aliphatic hydroxyl groups excluding tert-OH is 1. The van der Waals surface area contributed by atoms with Crippen LogP contribution in [-0.2, 0) is 14.1 Å². The third-order valence-corrected chi connectivity index (χ3v) is 80.0. The topological polar surface area (TPSA) is 76.0 Å². The van der Waals surface area contributed by atoms with Gasteiger partial charge in [0.15, 0.2) is 0 Å². The van der Waals surface area contributed by atoms with E-state index in [1.54, 1.807) is 0 Å². The van der Waals surface area contributed by atoms with E-state index in [0.717, 1.165) is 6.42 Å². The fourth-order valence-electron chi connectivity index (χ4n) is 7.28. The first-order valence-corrected chi connectivity index (χ1v) is 36.1. The van der Waals surface area contributed by atoms with Crippen molar-refractivity contribution in [3.05, 3.63) is 11.6 Å². The number of rotatable bonds is 11. The fraction of sp³-hybridized carbons (Fsp3) is 0.864. The first-order chi connectivity index (χ1) is 18.3. The van der Waals surface area contributed by atoms with Crippen molar-refractivity contribution < 1.29 is 68.3 Å². The molecule has 19 heteroatoms. The van der Waals surface area contributed by atoms with Crippen molar-refractivity contribution in [2.45, 2.75) is 84.7 Å². The van der Waals surface area contributed by atoms with Gasteiger partial charge < -0.3 is 19.5 Å². The van der Waals surface area contributed by atoms with Gasteiger partial charge in [0, 0.05) is 76.8 Å². The maximum Gasteiger partial charge on any atom is 0.141 e. The van der Waals surface area contributed by atoms with Crippen LogP contribution in [0.1, 0.15) is 60.8 Å². The summed E-state index contributed by atoms with van der Waals surface area (Å²) in [7, 11) is 21.0. The van der Waals surface area contributed by atoms with Crippen LogP contribution in [0.4, 0.5) is 0 Å². The summed E-state index contributed by atoms with van der Waals surface area (Å²) in [5, 5.41) is 23.4. The minimum atomic E-state index is -1.10. The second kappa shape index (κ2) is 17.7. The van der Waals surface area contributed by atoms with E-state index in [-0.39, 0.29) is 115 Å². The van der Waals surface area contributed by atoms with Crippen molar-refractivity contribution in [1.82, 2.24) is 0 Å². The van der Waals surface area contributed by atoms with Crippen LogP contribution in [0.25, 0.3) is 0 Å². The van der Waals surface area contributed by atoms with Crippen LogP contribution in [0.15, 0.2) is 11.6 Å². The summed E-state index contributed by atoms with van der Waals surface area (Å²) >= 11 is 0. The molecule has 1 heterocycles. The standard InChI is InChI=1S/C22H49O5P13.Ac/c1-7-16(23)21(6)17(24)9-18-22(25,11-26-18)19(21)13(3)14-8-15(12(2)10-20(14,4)5)27-35(39(34)36(28)29)40(37(30)31)38(32)33;/h10,13-15,17-19,24-25H,7-9,11,28-34H2,1-6H3;/t13-,14?,15+,17+,18-,19+,21-,22+,35?,39?;/m1./s1. The van der Waals surface area contributed by atoms with Gasteiger partial charge in [-0.3, -0.25) is 4.79 Å². The van der Waals surface area contributed by atoms with Gasteiger partial charge in [0.1, 0.15) is 11.4 Å². The first-order valence-electron chi connectivity index (χ1n) is 13.3. The molecule has 1 saturated carbocycles. The Bertz CT molecular complexity index is 953. The molecule has 17 atom stereocenters. The van der Waals surface area contributed by atoms with Crippen LogP contribution < -0.4 is 0 Å². The van der Waals surface area contributed by atoms with Crippen LogP contribution in [0.5, 0.6) is 0 Å². The van der Waals surface area contributed by atoms with Crippen LogP contribution in [-0.4, -0.2) is 46.5 Å². The number of aliphatic hydroxyl groups is 2. The molecule has 41 heavy (non-hydrogen) atoms. The fourth-order valence-corrected chi connectivity index (χ4v) is 103. The average molecular weight is 1020 g/mol. The van der Waals surface area contributed by atoms with E-state index in [4.69, 9.17) is 9.26 Å². The van der Waals surface area contributed by atoms with Gasteiger partial charge in [0.05, 0.1) is 37.9 Å². The molecule has 3 rings (SSSR count). The molecule has 2 aliphatic carbocycles. The largest absolute Gasteiger partial charge is 0.392 e. The van der Waals surface area contributed by atoms with E-state index >= 15 is 0 Å². The van der Waals surface area contributed by atoms with Gasteiger partial charge in [0.2, 0.25) is 0 Å². The number of ether oxygens (including phenoxy) is 1. The molecular formula is C22H49AcO5P13. The number of carbonyl (C=O) groups excluding carboxylic acids is 1. The van der Waals surface area contributed by atoms with Crippen LogP contribution >= 0.6 is 105 Å². The number of ketones is 1. The van der Waals surface area contributed by atoms with Gasteiger partial charge in [-0.1, -0.05) is 42.7 Å². The normalized spacial score (nSPS) is 37.2. The summed E-state index contributed by atoms with van der Waals surface area (Å²) < 4.78 is 13.1. The minimum Gasteiger partial charge on any atom is -0.392 e. The zero-order valence-electron chi connectivity index (χ0n) is 24.8. The molecule has 10 unspecified atom stereocenters. The molecule has 1 saturated heterocycles. The van der Waals surface area contributed by atoms with Crippen molar-refractivity contribution in [3.63, 3.8) is 0 Å².